The van der Waals surface area contributed by atoms with Gasteiger partial charge in [0.05, 0.1) is 29.6 Å². The van der Waals surface area contributed by atoms with Gasteiger partial charge >= 0.3 is 13.6 Å². The molecule has 0 spiro atoms. The van der Waals surface area contributed by atoms with Crippen molar-refractivity contribution in [2.24, 2.45) is 0 Å². The molecule has 1 unspecified atom stereocenters. The van der Waals surface area contributed by atoms with Crippen molar-refractivity contribution in [1.82, 2.24) is 24.9 Å². The highest BCUT2D eigenvalue weighted by Gasteiger charge is 2.36. The molecule has 13 heteroatoms. The molecule has 2 atom stereocenters. The molecule has 0 aliphatic rings. The molecule has 0 radical (unpaired) electrons. The summed E-state index contributed by atoms with van der Waals surface area (Å²) in [5.41, 5.74) is 2.26. The SMILES string of the molecule is CNC(=O)c1ccccc1Sc1ccc2c(/C=C/c3ccccn3)nn(P(=O)(N[C@@H](C)C(=O)OC)Oc3cccs3)c2c1. The maximum atomic E-state index is 14.7. The number of methoxy groups -OCH3 is 1. The van der Waals surface area contributed by atoms with Crippen LogP contribution in [0.2, 0.25) is 0 Å². The first kappa shape index (κ1) is 30.2. The van der Waals surface area contributed by atoms with E-state index in [1.807, 2.05) is 54.6 Å². The van der Waals surface area contributed by atoms with Gasteiger partial charge in [-0.1, -0.05) is 30.0 Å². The van der Waals surface area contributed by atoms with Crippen LogP contribution in [-0.2, 0) is 14.1 Å². The standard InChI is InChI=1S/C30H28N5O5PS2/c1-20(30(37)39-3)34-41(38,40-28-12-8-18-42-28)35-26-19-22(43-27-11-5-4-10-24(27)29(36)31-2)14-15-23(26)25(33-35)16-13-21-9-6-7-17-32-21/h4-20H,1-3H3,(H,31,36)(H,34,38)/b16-13+/t20-,41?/m0/s1. The third-order valence-corrected chi connectivity index (χ3v) is 10.1. The second-order valence-electron chi connectivity index (χ2n) is 9.14. The predicted molar refractivity (Wildman–Crippen MR) is 169 cm³/mol. The number of esters is 1. The van der Waals surface area contributed by atoms with Gasteiger partial charge in [-0.2, -0.15) is 9.55 Å². The molecule has 0 saturated heterocycles. The highest BCUT2D eigenvalue weighted by atomic mass is 32.2. The average molecular weight is 634 g/mol. The number of aromatic nitrogens is 3. The van der Waals surface area contributed by atoms with Crippen molar-refractivity contribution in [2.75, 3.05) is 14.2 Å². The number of rotatable bonds is 11. The van der Waals surface area contributed by atoms with E-state index in [0.717, 1.165) is 15.5 Å². The van der Waals surface area contributed by atoms with E-state index in [0.29, 0.717) is 27.2 Å². The number of thiophene rings is 1. The highest BCUT2D eigenvalue weighted by molar-refractivity contribution is 7.99. The maximum absolute atomic E-state index is 14.7. The molecular formula is C30H28N5O5PS2. The number of carbonyl (C=O) groups excluding carboxylic acids is 2. The molecular weight excluding hydrogens is 605 g/mol. The van der Waals surface area contributed by atoms with E-state index in [1.165, 1.54) is 34.7 Å². The number of nitrogens with one attached hydrogen (secondary N) is 2. The van der Waals surface area contributed by atoms with Crippen molar-refractivity contribution in [3.63, 3.8) is 0 Å². The van der Waals surface area contributed by atoms with E-state index >= 15 is 0 Å². The minimum Gasteiger partial charge on any atom is -0.468 e. The molecule has 0 fully saturated rings. The summed E-state index contributed by atoms with van der Waals surface area (Å²) in [7, 11) is -1.25. The summed E-state index contributed by atoms with van der Waals surface area (Å²) >= 11 is 2.65. The number of pyridine rings is 1. The molecule has 43 heavy (non-hydrogen) atoms. The largest absolute Gasteiger partial charge is 0.468 e. The van der Waals surface area contributed by atoms with Gasteiger partial charge in [-0.15, -0.1) is 11.3 Å². The van der Waals surface area contributed by atoms with Crippen molar-refractivity contribution >= 4 is 65.7 Å². The summed E-state index contributed by atoms with van der Waals surface area (Å²) in [6, 6.07) is 21.0. The number of hydrogen-bond donors (Lipinski definition) is 2. The number of carbonyl (C=O) groups is 2. The topological polar surface area (TPSA) is 124 Å². The molecule has 3 aromatic heterocycles. The normalized spacial score (nSPS) is 13.5. The van der Waals surface area contributed by atoms with Gasteiger partial charge in [-0.3, -0.25) is 14.6 Å². The zero-order valence-electron chi connectivity index (χ0n) is 23.5. The Bertz CT molecular complexity index is 1830. The molecule has 0 saturated carbocycles. The first-order valence-electron chi connectivity index (χ1n) is 13.1. The fraction of sp³-hybridized carbons (Fsp3) is 0.133. The smallest absolute Gasteiger partial charge is 0.441 e. The van der Waals surface area contributed by atoms with Crippen molar-refractivity contribution in [3.8, 4) is 5.06 Å². The average Bonchev–Trinajstić information content (AvgIpc) is 3.67. The number of fused-ring (bicyclic) bond motifs is 1. The quantitative estimate of drug-likeness (QED) is 0.126. The van der Waals surface area contributed by atoms with Gasteiger partial charge in [0, 0.05) is 28.4 Å². The fourth-order valence-electron chi connectivity index (χ4n) is 4.17. The van der Waals surface area contributed by atoms with Crippen LogP contribution in [0.3, 0.4) is 0 Å². The van der Waals surface area contributed by atoms with Gasteiger partial charge in [0.2, 0.25) is 0 Å². The summed E-state index contributed by atoms with van der Waals surface area (Å²) < 4.78 is 27.0. The van der Waals surface area contributed by atoms with E-state index in [2.05, 4.69) is 15.4 Å². The Morgan fingerprint density at radius 1 is 1.07 bits per heavy atom. The van der Waals surface area contributed by atoms with Crippen molar-refractivity contribution in [2.45, 2.75) is 22.8 Å². The van der Waals surface area contributed by atoms with Gasteiger partial charge in [-0.05, 0) is 79.1 Å². The molecule has 2 N–H and O–H groups in total. The van der Waals surface area contributed by atoms with E-state index in [4.69, 9.17) is 14.4 Å². The van der Waals surface area contributed by atoms with E-state index in [9.17, 15) is 14.2 Å². The second kappa shape index (κ2) is 13.4. The molecule has 5 rings (SSSR count). The number of nitrogens with zero attached hydrogens (tertiary/aromatic N) is 3. The Labute approximate surface area is 256 Å². The van der Waals surface area contributed by atoms with Crippen molar-refractivity contribution < 1.29 is 23.4 Å². The molecule has 220 valence electrons. The van der Waals surface area contributed by atoms with Crippen LogP contribution in [0.4, 0.5) is 0 Å². The Morgan fingerprint density at radius 2 is 1.88 bits per heavy atom. The van der Waals surface area contributed by atoms with E-state index < -0.39 is 19.7 Å². The third kappa shape index (κ3) is 6.89. The zero-order valence-corrected chi connectivity index (χ0v) is 26.0. The fourth-order valence-corrected chi connectivity index (χ4v) is 7.87. The number of benzene rings is 2. The van der Waals surface area contributed by atoms with Gasteiger partial charge in [0.1, 0.15) is 6.04 Å². The first-order chi connectivity index (χ1) is 20.8. The van der Waals surface area contributed by atoms with Gasteiger partial charge < -0.3 is 14.6 Å². The lowest BCUT2D eigenvalue weighted by atomic mass is 10.2. The molecule has 10 nitrogen and oxygen atoms in total. The summed E-state index contributed by atoms with van der Waals surface area (Å²) in [6.07, 6.45) is 5.29. The summed E-state index contributed by atoms with van der Waals surface area (Å²) in [4.78, 5) is 30.7. The minimum absolute atomic E-state index is 0.203. The Balaban J connectivity index is 1.65. The van der Waals surface area contributed by atoms with E-state index in [-0.39, 0.29) is 5.91 Å². The van der Waals surface area contributed by atoms with Crippen LogP contribution >= 0.6 is 30.8 Å². The van der Waals surface area contributed by atoms with Crippen LogP contribution < -0.4 is 14.9 Å². The van der Waals surface area contributed by atoms with Crippen LogP contribution in [0.15, 0.2) is 94.2 Å². The van der Waals surface area contributed by atoms with E-state index in [1.54, 1.807) is 55.9 Å². The van der Waals surface area contributed by atoms with Crippen LogP contribution in [0.25, 0.3) is 23.1 Å². The molecule has 0 bridgehead atoms. The first-order valence-corrected chi connectivity index (χ1v) is 16.4. The van der Waals surface area contributed by atoms with Gasteiger partial charge in [0.15, 0.2) is 5.06 Å². The molecule has 0 aliphatic carbocycles. The van der Waals surface area contributed by atoms with Crippen LogP contribution in [0.5, 0.6) is 5.06 Å². The number of hydrogen-bond acceptors (Lipinski definition) is 9. The lowest BCUT2D eigenvalue weighted by Gasteiger charge is -2.22. The molecule has 5 aromatic rings. The van der Waals surface area contributed by atoms with Gasteiger partial charge in [-0.25, -0.2) is 9.65 Å². The maximum Gasteiger partial charge on any atom is 0.441 e. The molecule has 2 aromatic carbocycles. The molecule has 0 aliphatic heterocycles. The lowest BCUT2D eigenvalue weighted by Crippen LogP contribution is -2.35. The monoisotopic (exact) mass is 633 g/mol. The summed E-state index contributed by atoms with van der Waals surface area (Å²) in [5, 5.41) is 13.1. The molecule has 3 heterocycles. The van der Waals surface area contributed by atoms with Crippen LogP contribution in [0, 0.1) is 0 Å². The number of amides is 1. The van der Waals surface area contributed by atoms with Crippen molar-refractivity contribution in [3.05, 3.63) is 101 Å². The second-order valence-corrected chi connectivity index (χ2v) is 13.0. The lowest BCUT2D eigenvalue weighted by molar-refractivity contribution is -0.142. The number of ether oxygens (including phenoxy) is 1. The van der Waals surface area contributed by atoms with Crippen molar-refractivity contribution in [1.29, 1.82) is 0 Å². The Kier molecular flexibility index (Phi) is 9.42. The third-order valence-electron chi connectivity index (χ3n) is 6.22. The Hall–Kier alpha value is -4.22. The summed E-state index contributed by atoms with van der Waals surface area (Å²) in [6.45, 7) is 1.54. The zero-order chi connectivity index (χ0) is 30.4. The predicted octanol–water partition coefficient (Wildman–Crippen LogP) is 6.36. The minimum atomic E-state index is -4.09. The highest BCUT2D eigenvalue weighted by Crippen LogP contribution is 2.49. The van der Waals surface area contributed by atoms with Crippen LogP contribution in [0.1, 0.15) is 28.7 Å². The Morgan fingerprint density at radius 3 is 2.60 bits per heavy atom. The summed E-state index contributed by atoms with van der Waals surface area (Å²) in [5.74, 6) is -0.810. The van der Waals surface area contributed by atoms with Crippen LogP contribution in [-0.4, -0.2) is 46.6 Å². The molecule has 1 amide bonds. The van der Waals surface area contributed by atoms with Gasteiger partial charge in [0.25, 0.3) is 5.91 Å².